The number of nitrogen functional groups attached to an aromatic ring is 1. The number of nitrogens with zero attached hydrogens (tertiary/aromatic N) is 5. The fourth-order valence-corrected chi connectivity index (χ4v) is 9.67. The third-order valence-corrected chi connectivity index (χ3v) is 13.5. The minimum Gasteiger partial charge on any atom is -0.482 e. The lowest BCUT2D eigenvalue weighted by Crippen LogP contribution is -2.54. The number of nitrogens with one attached hydrogen (secondary N) is 3. The number of benzene rings is 2. The van der Waals surface area contributed by atoms with E-state index >= 15 is 0 Å². The molecule has 2 fully saturated rings. The number of pyridine rings is 1. The van der Waals surface area contributed by atoms with Crippen LogP contribution < -0.4 is 26.4 Å². The summed E-state index contributed by atoms with van der Waals surface area (Å²) in [4.78, 5) is 82.9. The zero-order valence-electron chi connectivity index (χ0n) is 38.2. The Bertz CT molecular complexity index is 2510. The third kappa shape index (κ3) is 12.1. The Kier molecular flexibility index (Phi) is 17.1. The number of fused-ring (bicyclic) bond motifs is 1. The molecule has 5 N–H and O–H groups in total. The lowest BCUT2D eigenvalue weighted by molar-refractivity contribution is -0.136. The van der Waals surface area contributed by atoms with Gasteiger partial charge < -0.3 is 26.0 Å². The Morgan fingerprint density at radius 3 is 2.38 bits per heavy atom. The maximum absolute atomic E-state index is 14.2. The van der Waals surface area contributed by atoms with Crippen molar-refractivity contribution in [2.45, 2.75) is 121 Å². The molecule has 2 atom stereocenters. The molecule has 7 rings (SSSR count). The molecule has 0 spiro atoms. The van der Waals surface area contributed by atoms with Gasteiger partial charge in [-0.25, -0.2) is 9.37 Å². The van der Waals surface area contributed by atoms with E-state index in [0.717, 1.165) is 86.7 Å². The van der Waals surface area contributed by atoms with Gasteiger partial charge in [0.25, 0.3) is 11.8 Å². The number of hydrogen-bond acceptors (Lipinski definition) is 11. The zero-order valence-corrected chi connectivity index (χ0v) is 39.7. The molecular weight excluding hydrogens is 916 g/mol. The number of imide groups is 2. The molecule has 2 saturated heterocycles. The Hall–Kier alpha value is -6.07. The fourth-order valence-electron chi connectivity index (χ4n) is 8.99. The molecule has 362 valence electrons. The molecule has 0 radical (unpaired) electrons. The first-order chi connectivity index (χ1) is 32.8. The Morgan fingerprint density at radius 2 is 1.62 bits per heavy atom. The van der Waals surface area contributed by atoms with Gasteiger partial charge >= 0.3 is 0 Å². The predicted octanol–water partition coefficient (Wildman–Crippen LogP) is 8.20. The topological polar surface area (TPSA) is 211 Å². The van der Waals surface area contributed by atoms with Gasteiger partial charge in [-0.3, -0.25) is 43.7 Å². The Morgan fingerprint density at radius 1 is 0.897 bits per heavy atom. The van der Waals surface area contributed by atoms with E-state index in [1.807, 2.05) is 15.8 Å². The summed E-state index contributed by atoms with van der Waals surface area (Å²) in [5.41, 5.74) is 9.07. The maximum atomic E-state index is 14.2. The number of ether oxygens (including phenoxy) is 1. The van der Waals surface area contributed by atoms with Crippen molar-refractivity contribution in [3.8, 4) is 16.9 Å². The molecule has 0 saturated carbocycles. The highest BCUT2D eigenvalue weighted by Gasteiger charge is 2.45. The molecule has 68 heavy (non-hydrogen) atoms. The summed E-state index contributed by atoms with van der Waals surface area (Å²) in [6.07, 6.45) is 15.3. The summed E-state index contributed by atoms with van der Waals surface area (Å²) in [5.74, 6) is -2.03. The normalized spacial score (nSPS) is 16.7. The lowest BCUT2D eigenvalue weighted by Gasteiger charge is -2.32. The highest BCUT2D eigenvalue weighted by atomic mass is 35.5. The third-order valence-electron chi connectivity index (χ3n) is 12.8. The first-order valence-electron chi connectivity index (χ1n) is 23.5. The smallest absolute Gasteiger partial charge is 0.264 e. The van der Waals surface area contributed by atoms with Crippen LogP contribution in [0.15, 0.2) is 55.0 Å². The van der Waals surface area contributed by atoms with E-state index in [2.05, 4.69) is 26.0 Å². The number of nitrogens with two attached hydrogens (primary N) is 1. The van der Waals surface area contributed by atoms with Crippen molar-refractivity contribution in [2.24, 2.45) is 0 Å². The first-order valence-corrected chi connectivity index (χ1v) is 24.3. The van der Waals surface area contributed by atoms with Crippen LogP contribution in [0.2, 0.25) is 10.0 Å². The van der Waals surface area contributed by atoms with E-state index in [-0.39, 0.29) is 57.7 Å². The molecule has 4 aromatic rings. The van der Waals surface area contributed by atoms with E-state index in [1.165, 1.54) is 12.1 Å². The van der Waals surface area contributed by atoms with Crippen molar-refractivity contribution in [3.63, 3.8) is 0 Å². The summed E-state index contributed by atoms with van der Waals surface area (Å²) < 4.78 is 22.1. The zero-order chi connectivity index (χ0) is 48.3. The summed E-state index contributed by atoms with van der Waals surface area (Å²) in [5, 5.41) is 13.3. The van der Waals surface area contributed by atoms with Gasteiger partial charge in [-0.05, 0) is 82.2 Å². The largest absolute Gasteiger partial charge is 0.482 e. The van der Waals surface area contributed by atoms with E-state index in [1.54, 1.807) is 43.6 Å². The number of likely N-dealkylation sites (tertiary alicyclic amines) is 1. The lowest BCUT2D eigenvalue weighted by atomic mass is 10.0. The Balaban J connectivity index is 0.709. The SMILES string of the molecule is C[C@@H](Oc1cc(-c2cnn(C3CCN(C(=O)CCCCCCC(=O)NCCCCCCCNc4cccc5c4C(=O)N(C4CCC(=O)NC4=O)C5=O)CC3)c2)cnc1N)c1c(Cl)ccc(F)c1Cl. The number of halogens is 3. The number of piperidine rings is 2. The minimum atomic E-state index is -1.00. The minimum absolute atomic E-state index is 0.0460. The molecule has 5 heterocycles. The molecule has 0 bridgehead atoms. The number of carbonyl (C=O) groups excluding carboxylic acids is 6. The average Bonchev–Trinajstić information content (AvgIpc) is 3.92. The summed E-state index contributed by atoms with van der Waals surface area (Å²) in [6, 6.07) is 8.56. The van der Waals surface area contributed by atoms with Gasteiger partial charge in [0.1, 0.15) is 18.0 Å². The number of rotatable bonds is 22. The maximum Gasteiger partial charge on any atom is 0.264 e. The monoisotopic (exact) mass is 973 g/mol. The summed E-state index contributed by atoms with van der Waals surface area (Å²) >= 11 is 12.5. The highest BCUT2D eigenvalue weighted by molar-refractivity contribution is 6.36. The number of hydrogen-bond donors (Lipinski definition) is 4. The molecule has 3 aliphatic rings. The van der Waals surface area contributed by atoms with Crippen LogP contribution >= 0.6 is 23.2 Å². The highest BCUT2D eigenvalue weighted by Crippen LogP contribution is 2.38. The fraction of sp³-hybridized carbons (Fsp3) is 0.469. The van der Waals surface area contributed by atoms with Crippen molar-refractivity contribution in [1.82, 2.24) is 35.2 Å². The van der Waals surface area contributed by atoms with Crippen LogP contribution in [0.3, 0.4) is 0 Å². The van der Waals surface area contributed by atoms with Crippen LogP contribution in [0.1, 0.15) is 142 Å². The van der Waals surface area contributed by atoms with Gasteiger partial charge in [-0.2, -0.15) is 5.10 Å². The molecule has 2 aromatic heterocycles. The van der Waals surface area contributed by atoms with Crippen molar-refractivity contribution < 1.29 is 37.9 Å². The van der Waals surface area contributed by atoms with Crippen LogP contribution in [-0.4, -0.2) is 92.2 Å². The first kappa shape index (κ1) is 49.8. The van der Waals surface area contributed by atoms with Crippen LogP contribution in [0, 0.1) is 5.82 Å². The Labute approximate surface area is 404 Å². The second-order valence-electron chi connectivity index (χ2n) is 17.6. The molecular formula is C49H58Cl2FN9O7. The predicted molar refractivity (Wildman–Crippen MR) is 256 cm³/mol. The van der Waals surface area contributed by atoms with Crippen LogP contribution in [0.4, 0.5) is 15.9 Å². The number of unbranched alkanes of at least 4 members (excludes halogenated alkanes) is 7. The van der Waals surface area contributed by atoms with E-state index in [9.17, 15) is 33.2 Å². The van der Waals surface area contributed by atoms with Crippen LogP contribution in [0.25, 0.3) is 11.1 Å². The van der Waals surface area contributed by atoms with Crippen molar-refractivity contribution in [1.29, 1.82) is 0 Å². The van der Waals surface area contributed by atoms with Gasteiger partial charge in [-0.15, -0.1) is 0 Å². The van der Waals surface area contributed by atoms with Crippen molar-refractivity contribution in [3.05, 3.63) is 87.5 Å². The van der Waals surface area contributed by atoms with Gasteiger partial charge in [0, 0.05) is 85.2 Å². The molecule has 0 aliphatic carbocycles. The summed E-state index contributed by atoms with van der Waals surface area (Å²) in [7, 11) is 0. The molecule has 16 nitrogen and oxygen atoms in total. The number of carbonyl (C=O) groups is 6. The quantitative estimate of drug-likeness (QED) is 0.0335. The van der Waals surface area contributed by atoms with Gasteiger partial charge in [-0.1, -0.05) is 61.4 Å². The van der Waals surface area contributed by atoms with E-state index < -0.39 is 41.6 Å². The molecule has 2 aromatic carbocycles. The van der Waals surface area contributed by atoms with Crippen molar-refractivity contribution >= 4 is 70.2 Å². The van der Waals surface area contributed by atoms with Gasteiger partial charge in [0.2, 0.25) is 23.6 Å². The second kappa shape index (κ2) is 23.3. The summed E-state index contributed by atoms with van der Waals surface area (Å²) in [6.45, 7) is 4.24. The number of amides is 6. The second-order valence-corrected chi connectivity index (χ2v) is 18.4. The molecule has 1 unspecified atom stereocenters. The van der Waals surface area contributed by atoms with Crippen LogP contribution in [0.5, 0.6) is 5.75 Å². The number of anilines is 2. The van der Waals surface area contributed by atoms with Crippen molar-refractivity contribution in [2.75, 3.05) is 37.2 Å². The molecule has 6 amide bonds. The molecule has 3 aliphatic heterocycles. The number of aromatic nitrogens is 3. The van der Waals surface area contributed by atoms with Gasteiger partial charge in [0.05, 0.1) is 28.4 Å². The van der Waals surface area contributed by atoms with E-state index in [0.29, 0.717) is 56.0 Å². The van der Waals surface area contributed by atoms with Crippen LogP contribution in [-0.2, 0) is 19.2 Å². The average molecular weight is 975 g/mol. The van der Waals surface area contributed by atoms with Gasteiger partial charge in [0.15, 0.2) is 11.6 Å². The standard InChI is InChI=1S/C49H58Cl2FN9O7/c1-30(43-35(50)16-17-36(52)45(43)51)68-39-26-31(27-56-46(39)53)32-28-57-60(29-32)33-20-24-59(25-21-33)42(64)15-8-4-3-7-14-40(62)55-23-10-6-2-5-9-22-54-37-13-11-12-34-44(37)49(67)61(48(34)66)38-18-19-41(63)58-47(38)65/h11-13,16-17,26-30,33,38,54H,2-10,14-15,18-25H2,1H3,(H2,53,56)(H,55,62)(H,58,63,65)/t30-,38?/m1/s1. The van der Waals surface area contributed by atoms with E-state index in [4.69, 9.17) is 33.7 Å². The molecule has 19 heteroatoms.